The van der Waals surface area contributed by atoms with Gasteiger partial charge in [-0.15, -0.1) is 0 Å². The lowest BCUT2D eigenvalue weighted by Crippen LogP contribution is -2.37. The van der Waals surface area contributed by atoms with Gasteiger partial charge in [0.25, 0.3) is 0 Å². The van der Waals surface area contributed by atoms with Gasteiger partial charge < -0.3 is 18.9 Å². The number of carbonyl (C=O) groups excluding carboxylic acids is 2. The van der Waals surface area contributed by atoms with Crippen LogP contribution in [0.25, 0.3) is 0 Å². The number of carbonyl (C=O) groups is 2. The summed E-state index contributed by atoms with van der Waals surface area (Å²) in [6.07, 6.45) is 58.4. The Bertz CT molecular complexity index is 1190. The second-order valence-corrected chi connectivity index (χ2v) is 22.1. The molecule has 0 aliphatic rings. The normalized spacial score (nSPS) is 13.5. The number of phosphoric acid groups is 1. The fourth-order valence-electron chi connectivity index (χ4n) is 8.24. The molecule has 0 bridgehead atoms. The Kier molecular flexibility index (Phi) is 48.4. The Hall–Kier alpha value is -1.51. The zero-order valence-corrected chi connectivity index (χ0v) is 45.8. The van der Waals surface area contributed by atoms with Gasteiger partial charge >= 0.3 is 19.8 Å². The Balaban J connectivity index is 3.99. The van der Waals surface area contributed by atoms with E-state index >= 15 is 0 Å². The number of hydrogen-bond donors (Lipinski definition) is 1. The summed E-state index contributed by atoms with van der Waals surface area (Å²) in [4.78, 5) is 35.5. The molecule has 0 aromatic carbocycles. The van der Waals surface area contributed by atoms with Gasteiger partial charge in [-0.1, -0.05) is 224 Å². The van der Waals surface area contributed by atoms with Crippen molar-refractivity contribution in [3.8, 4) is 0 Å². The van der Waals surface area contributed by atoms with Crippen LogP contribution in [0.5, 0.6) is 0 Å². The van der Waals surface area contributed by atoms with E-state index < -0.39 is 26.5 Å². The number of phosphoric ester groups is 1. The average Bonchev–Trinajstić information content (AvgIpc) is 3.29. The lowest BCUT2D eigenvalue weighted by atomic mass is 10.0. The van der Waals surface area contributed by atoms with Crippen molar-refractivity contribution < 1.29 is 42.1 Å². The molecule has 0 aromatic rings. The van der Waals surface area contributed by atoms with Gasteiger partial charge in [0, 0.05) is 12.8 Å². The highest BCUT2D eigenvalue weighted by molar-refractivity contribution is 7.47. The van der Waals surface area contributed by atoms with Gasteiger partial charge in [-0.05, 0) is 64.2 Å². The van der Waals surface area contributed by atoms with Crippen molar-refractivity contribution in [1.82, 2.24) is 0 Å². The quantitative estimate of drug-likeness (QED) is 0.0211. The van der Waals surface area contributed by atoms with Crippen LogP contribution >= 0.6 is 7.82 Å². The predicted octanol–water partition coefficient (Wildman–Crippen LogP) is 17.4. The monoisotopic (exact) mass is 969 g/mol. The third-order valence-corrected chi connectivity index (χ3v) is 13.7. The van der Waals surface area contributed by atoms with Crippen LogP contribution in [0.1, 0.15) is 277 Å². The average molecular weight is 969 g/mol. The molecule has 0 aliphatic heterocycles. The highest BCUT2D eigenvalue weighted by Gasteiger charge is 2.27. The predicted molar refractivity (Wildman–Crippen MR) is 284 cm³/mol. The third-order valence-electron chi connectivity index (χ3n) is 12.7. The highest BCUT2D eigenvalue weighted by Crippen LogP contribution is 2.43. The summed E-state index contributed by atoms with van der Waals surface area (Å²) in [6.45, 7) is 4.43. The van der Waals surface area contributed by atoms with Gasteiger partial charge in [-0.25, -0.2) is 4.57 Å². The van der Waals surface area contributed by atoms with E-state index in [-0.39, 0.29) is 32.0 Å². The van der Waals surface area contributed by atoms with Crippen molar-refractivity contribution in [3.05, 3.63) is 24.3 Å². The second-order valence-electron chi connectivity index (χ2n) is 20.7. The van der Waals surface area contributed by atoms with E-state index in [9.17, 15) is 19.0 Å². The molecule has 396 valence electrons. The van der Waals surface area contributed by atoms with Crippen LogP contribution in [0.2, 0.25) is 0 Å². The van der Waals surface area contributed by atoms with Gasteiger partial charge in [0.05, 0.1) is 27.7 Å². The first-order chi connectivity index (χ1) is 32.5. The third kappa shape index (κ3) is 53.7. The molecule has 0 rings (SSSR count). The molecule has 0 radical (unpaired) electrons. The maximum Gasteiger partial charge on any atom is 0.472 e. The summed E-state index contributed by atoms with van der Waals surface area (Å²) in [5, 5.41) is 0. The van der Waals surface area contributed by atoms with E-state index in [4.69, 9.17) is 18.5 Å². The minimum atomic E-state index is -4.38. The number of quaternary nitrogens is 1. The number of allylic oxidation sites excluding steroid dienone is 4. The molecule has 0 aliphatic carbocycles. The molecule has 10 heteroatoms. The number of hydrogen-bond acceptors (Lipinski definition) is 7. The number of esters is 2. The van der Waals surface area contributed by atoms with Crippen LogP contribution in [0.3, 0.4) is 0 Å². The summed E-state index contributed by atoms with van der Waals surface area (Å²) < 4.78 is 34.5. The Morgan fingerprint density at radius 3 is 1.13 bits per heavy atom. The number of likely N-dealkylation sites (N-methyl/N-ethyl adjacent to an activating group) is 1. The van der Waals surface area contributed by atoms with Crippen LogP contribution in [-0.2, 0) is 32.7 Å². The van der Waals surface area contributed by atoms with Crippen molar-refractivity contribution in [2.45, 2.75) is 283 Å². The van der Waals surface area contributed by atoms with E-state index in [0.29, 0.717) is 17.4 Å². The topological polar surface area (TPSA) is 108 Å². The first kappa shape index (κ1) is 65.5. The number of rotatable bonds is 53. The van der Waals surface area contributed by atoms with Gasteiger partial charge in [-0.2, -0.15) is 0 Å². The molecule has 0 saturated heterocycles. The van der Waals surface area contributed by atoms with E-state index in [2.05, 4.69) is 38.2 Å². The summed E-state index contributed by atoms with van der Waals surface area (Å²) >= 11 is 0. The fraction of sp³-hybridized carbons (Fsp3) is 0.895. The molecule has 2 atom stereocenters. The summed E-state index contributed by atoms with van der Waals surface area (Å²) in [5.74, 6) is -0.796. The van der Waals surface area contributed by atoms with Crippen LogP contribution < -0.4 is 0 Å². The Morgan fingerprint density at radius 2 is 0.761 bits per heavy atom. The Labute approximate surface area is 415 Å². The molecular weight excluding hydrogens is 858 g/mol. The molecule has 0 fully saturated rings. The molecule has 0 aromatic heterocycles. The largest absolute Gasteiger partial charge is 0.472 e. The zero-order chi connectivity index (χ0) is 49.2. The van der Waals surface area contributed by atoms with Crippen molar-refractivity contribution in [3.63, 3.8) is 0 Å². The SMILES string of the molecule is CCCCC/C=C\CCCCCCCC(=O)OCC(COP(=O)(O)OCC[N+](C)(C)C)OC(=O)CCCCCCCCCCCCCCCCCCCCC/C=C\CCCCCCCCCC. The maximum atomic E-state index is 12.8. The van der Waals surface area contributed by atoms with E-state index in [1.807, 2.05) is 21.1 Å². The zero-order valence-electron chi connectivity index (χ0n) is 44.9. The molecule has 0 heterocycles. The van der Waals surface area contributed by atoms with Gasteiger partial charge in [-0.3, -0.25) is 18.6 Å². The lowest BCUT2D eigenvalue weighted by molar-refractivity contribution is -0.870. The Morgan fingerprint density at radius 1 is 0.448 bits per heavy atom. The second kappa shape index (κ2) is 49.5. The first-order valence-electron chi connectivity index (χ1n) is 28.6. The van der Waals surface area contributed by atoms with E-state index in [1.165, 1.54) is 193 Å². The number of unbranched alkanes of at least 4 members (excludes halogenated alkanes) is 35. The molecule has 0 spiro atoms. The van der Waals surface area contributed by atoms with Crippen molar-refractivity contribution in [1.29, 1.82) is 0 Å². The molecule has 1 N–H and O–H groups in total. The molecular formula is C57H111NO8P+. The maximum absolute atomic E-state index is 12.8. The van der Waals surface area contributed by atoms with Crippen LogP contribution in [-0.4, -0.2) is 74.9 Å². The molecule has 0 amide bonds. The van der Waals surface area contributed by atoms with Crippen molar-refractivity contribution in [2.75, 3.05) is 47.5 Å². The van der Waals surface area contributed by atoms with Crippen LogP contribution in [0.4, 0.5) is 0 Å². The van der Waals surface area contributed by atoms with Crippen molar-refractivity contribution in [2.24, 2.45) is 0 Å². The molecule has 0 saturated carbocycles. The smallest absolute Gasteiger partial charge is 0.462 e. The molecule has 67 heavy (non-hydrogen) atoms. The van der Waals surface area contributed by atoms with Crippen LogP contribution in [0.15, 0.2) is 24.3 Å². The first-order valence-corrected chi connectivity index (χ1v) is 30.1. The lowest BCUT2D eigenvalue weighted by Gasteiger charge is -2.24. The van der Waals surface area contributed by atoms with Gasteiger partial charge in [0.15, 0.2) is 6.10 Å². The van der Waals surface area contributed by atoms with Gasteiger partial charge in [0.1, 0.15) is 19.8 Å². The van der Waals surface area contributed by atoms with E-state index in [1.54, 1.807) is 0 Å². The summed E-state index contributed by atoms with van der Waals surface area (Å²) in [5.41, 5.74) is 0. The molecule has 9 nitrogen and oxygen atoms in total. The minimum absolute atomic E-state index is 0.0328. The summed E-state index contributed by atoms with van der Waals surface area (Å²) in [7, 11) is 1.48. The van der Waals surface area contributed by atoms with Gasteiger partial charge in [0.2, 0.25) is 0 Å². The summed E-state index contributed by atoms with van der Waals surface area (Å²) in [6, 6.07) is 0. The van der Waals surface area contributed by atoms with E-state index in [0.717, 1.165) is 51.4 Å². The van der Waals surface area contributed by atoms with Crippen LogP contribution in [0, 0.1) is 0 Å². The fourth-order valence-corrected chi connectivity index (χ4v) is 8.98. The number of ether oxygens (including phenoxy) is 2. The minimum Gasteiger partial charge on any atom is -0.462 e. The molecule has 2 unspecified atom stereocenters. The highest BCUT2D eigenvalue weighted by atomic mass is 31.2. The number of nitrogens with zero attached hydrogens (tertiary/aromatic N) is 1. The standard InChI is InChI=1S/C57H110NO8P/c1-6-8-10-12-14-16-18-20-21-22-23-24-25-26-27-28-29-30-31-32-33-34-35-36-37-38-40-42-44-46-48-50-57(60)66-55(54-65-67(61,62)64-52-51-58(3,4)5)53-63-56(59)49-47-45-43-41-39-19-17-15-13-11-9-7-2/h15,17,22-23,55H,6-14,16,18-21,24-54H2,1-5H3/p+1/b17-15-,23-22-. The van der Waals surface area contributed by atoms with Crippen molar-refractivity contribution >= 4 is 19.8 Å².